The van der Waals surface area contributed by atoms with E-state index in [0.717, 1.165) is 38.3 Å². The molecule has 0 amide bonds. The number of aliphatic carboxylic acids is 1. The van der Waals surface area contributed by atoms with Gasteiger partial charge < -0.3 is 5.11 Å². The first kappa shape index (κ1) is 23.4. The molecule has 2 aromatic carbocycles. The highest BCUT2D eigenvalue weighted by Gasteiger charge is 2.20. The topological polar surface area (TPSA) is 66.5 Å². The third-order valence-corrected chi connectivity index (χ3v) is 6.27. The van der Waals surface area contributed by atoms with Crippen molar-refractivity contribution in [3.8, 4) is 11.4 Å². The summed E-state index contributed by atoms with van der Waals surface area (Å²) < 4.78 is 3.68. The van der Waals surface area contributed by atoms with E-state index in [1.165, 1.54) is 5.56 Å². The van der Waals surface area contributed by atoms with Crippen LogP contribution in [0.2, 0.25) is 5.02 Å². The van der Waals surface area contributed by atoms with E-state index in [4.69, 9.17) is 23.8 Å². The summed E-state index contributed by atoms with van der Waals surface area (Å²) in [6, 6.07) is 17.5. The Morgan fingerprint density at radius 3 is 2.36 bits per heavy atom. The SMILES string of the molecule is O=C(O)Cn1c(-c2ccc(Cl)cc2)nn(CN2CCN(CC=Cc3ccccc3)CC2)c1=S. The lowest BCUT2D eigenvalue weighted by Gasteiger charge is -2.33. The molecule has 1 aliphatic rings. The first-order valence-electron chi connectivity index (χ1n) is 10.8. The summed E-state index contributed by atoms with van der Waals surface area (Å²) in [5.74, 6) is -0.429. The van der Waals surface area contributed by atoms with E-state index in [0.29, 0.717) is 22.3 Å². The number of piperazine rings is 1. The molecule has 1 fully saturated rings. The van der Waals surface area contributed by atoms with Gasteiger partial charge in [-0.25, -0.2) is 4.68 Å². The molecule has 4 rings (SSSR count). The Kier molecular flexibility index (Phi) is 7.72. The number of carbonyl (C=O) groups is 1. The fourth-order valence-electron chi connectivity index (χ4n) is 3.83. The summed E-state index contributed by atoms with van der Waals surface area (Å²) in [5.41, 5.74) is 1.99. The normalized spacial score (nSPS) is 15.3. The molecule has 1 aliphatic heterocycles. The molecular formula is C24H26ClN5O2S. The van der Waals surface area contributed by atoms with E-state index in [1.54, 1.807) is 21.4 Å². The van der Waals surface area contributed by atoms with Crippen LogP contribution in [0.25, 0.3) is 17.5 Å². The Balaban J connectivity index is 1.40. The Morgan fingerprint density at radius 2 is 1.70 bits per heavy atom. The number of aromatic nitrogens is 3. The molecule has 1 saturated heterocycles. The predicted molar refractivity (Wildman–Crippen MR) is 133 cm³/mol. The molecular weight excluding hydrogens is 458 g/mol. The third kappa shape index (κ3) is 6.17. The molecule has 3 aromatic rings. The molecule has 2 heterocycles. The van der Waals surface area contributed by atoms with Crippen LogP contribution in [0.15, 0.2) is 60.7 Å². The summed E-state index contributed by atoms with van der Waals surface area (Å²) >= 11 is 11.6. The second-order valence-electron chi connectivity index (χ2n) is 7.97. The minimum absolute atomic E-state index is 0.238. The van der Waals surface area contributed by atoms with Gasteiger partial charge in [-0.1, -0.05) is 54.1 Å². The van der Waals surface area contributed by atoms with Crippen molar-refractivity contribution >= 4 is 35.9 Å². The van der Waals surface area contributed by atoms with Crippen molar-refractivity contribution in [1.29, 1.82) is 0 Å². The molecule has 0 saturated carbocycles. The second kappa shape index (κ2) is 10.9. The van der Waals surface area contributed by atoms with Crippen LogP contribution in [-0.4, -0.2) is 67.9 Å². The fourth-order valence-corrected chi connectivity index (χ4v) is 4.20. The van der Waals surface area contributed by atoms with Crippen molar-refractivity contribution in [1.82, 2.24) is 24.1 Å². The van der Waals surface area contributed by atoms with Gasteiger partial charge in [0.1, 0.15) is 6.54 Å². The number of nitrogens with zero attached hydrogens (tertiary/aromatic N) is 5. The average Bonchev–Trinajstić information content (AvgIpc) is 3.11. The summed E-state index contributed by atoms with van der Waals surface area (Å²) in [7, 11) is 0. The predicted octanol–water partition coefficient (Wildman–Crippen LogP) is 4.11. The van der Waals surface area contributed by atoms with Gasteiger partial charge in [-0.05, 0) is 42.0 Å². The van der Waals surface area contributed by atoms with Gasteiger partial charge in [0.15, 0.2) is 10.6 Å². The standard InChI is InChI=1S/C24H26ClN5O2S/c25-21-10-8-20(9-11-21)23-26-30(24(33)29(23)17-22(31)32)18-28-15-13-27(14-16-28)12-4-7-19-5-2-1-3-6-19/h1-11H,12-18H2,(H,31,32). The highest BCUT2D eigenvalue weighted by molar-refractivity contribution is 7.71. The number of carboxylic acids is 1. The highest BCUT2D eigenvalue weighted by atomic mass is 35.5. The Bertz CT molecular complexity index is 1170. The number of hydrogen-bond acceptors (Lipinski definition) is 5. The summed E-state index contributed by atoms with van der Waals surface area (Å²) in [4.78, 5) is 16.1. The van der Waals surface area contributed by atoms with E-state index in [9.17, 15) is 9.90 Å². The molecule has 0 bridgehead atoms. The molecule has 0 spiro atoms. The van der Waals surface area contributed by atoms with Crippen LogP contribution in [-0.2, 0) is 18.0 Å². The minimum atomic E-state index is -0.960. The molecule has 9 heteroatoms. The van der Waals surface area contributed by atoms with Gasteiger partial charge in [0.05, 0.1) is 6.67 Å². The molecule has 1 aromatic heterocycles. The van der Waals surface area contributed by atoms with Crippen LogP contribution in [0.5, 0.6) is 0 Å². The van der Waals surface area contributed by atoms with Gasteiger partial charge >= 0.3 is 5.97 Å². The smallest absolute Gasteiger partial charge is 0.323 e. The number of rotatable bonds is 8. The largest absolute Gasteiger partial charge is 0.480 e. The van der Waals surface area contributed by atoms with Crippen molar-refractivity contribution in [3.05, 3.63) is 76.0 Å². The lowest BCUT2D eigenvalue weighted by atomic mass is 10.2. The van der Waals surface area contributed by atoms with Crippen molar-refractivity contribution in [2.24, 2.45) is 0 Å². The Morgan fingerprint density at radius 1 is 1.03 bits per heavy atom. The quantitative estimate of drug-likeness (QED) is 0.486. The van der Waals surface area contributed by atoms with Crippen LogP contribution in [0.4, 0.5) is 0 Å². The summed E-state index contributed by atoms with van der Waals surface area (Å²) in [6.07, 6.45) is 4.35. The molecule has 0 aliphatic carbocycles. The maximum atomic E-state index is 11.4. The number of hydrogen-bond donors (Lipinski definition) is 1. The van der Waals surface area contributed by atoms with Crippen LogP contribution in [0.3, 0.4) is 0 Å². The van der Waals surface area contributed by atoms with E-state index in [-0.39, 0.29) is 6.54 Å². The summed E-state index contributed by atoms with van der Waals surface area (Å²) in [6.45, 7) is 4.89. The molecule has 1 N–H and O–H groups in total. The molecule has 0 atom stereocenters. The minimum Gasteiger partial charge on any atom is -0.480 e. The van der Waals surface area contributed by atoms with Crippen molar-refractivity contribution < 1.29 is 9.90 Å². The average molecular weight is 484 g/mol. The Labute approximate surface area is 203 Å². The van der Waals surface area contributed by atoms with Gasteiger partial charge in [-0.15, -0.1) is 0 Å². The lowest BCUT2D eigenvalue weighted by molar-refractivity contribution is -0.137. The zero-order valence-corrected chi connectivity index (χ0v) is 19.8. The van der Waals surface area contributed by atoms with Crippen molar-refractivity contribution in [3.63, 3.8) is 0 Å². The van der Waals surface area contributed by atoms with Gasteiger partial charge in [0.2, 0.25) is 0 Å². The van der Waals surface area contributed by atoms with Crippen molar-refractivity contribution in [2.75, 3.05) is 32.7 Å². The lowest BCUT2D eigenvalue weighted by Crippen LogP contribution is -2.46. The number of carboxylic acid groups (broad SMARTS) is 1. The van der Waals surface area contributed by atoms with E-state index in [2.05, 4.69) is 39.2 Å². The van der Waals surface area contributed by atoms with Crippen LogP contribution in [0.1, 0.15) is 5.56 Å². The van der Waals surface area contributed by atoms with E-state index < -0.39 is 5.97 Å². The van der Waals surface area contributed by atoms with Gasteiger partial charge in [0, 0.05) is 43.3 Å². The van der Waals surface area contributed by atoms with Crippen LogP contribution >= 0.6 is 23.8 Å². The van der Waals surface area contributed by atoms with Crippen LogP contribution < -0.4 is 0 Å². The molecule has 0 radical (unpaired) electrons. The number of halogens is 1. The van der Waals surface area contributed by atoms with Gasteiger partial charge in [0.25, 0.3) is 0 Å². The third-order valence-electron chi connectivity index (χ3n) is 5.59. The molecule has 172 valence electrons. The maximum absolute atomic E-state index is 11.4. The fraction of sp³-hybridized carbons (Fsp3) is 0.292. The second-order valence-corrected chi connectivity index (χ2v) is 8.77. The maximum Gasteiger partial charge on any atom is 0.323 e. The first-order chi connectivity index (χ1) is 16.0. The van der Waals surface area contributed by atoms with E-state index >= 15 is 0 Å². The van der Waals surface area contributed by atoms with Crippen LogP contribution in [0, 0.1) is 4.77 Å². The highest BCUT2D eigenvalue weighted by Crippen LogP contribution is 2.21. The van der Waals surface area contributed by atoms with Crippen molar-refractivity contribution in [2.45, 2.75) is 13.2 Å². The van der Waals surface area contributed by atoms with E-state index in [1.807, 2.05) is 30.3 Å². The first-order valence-corrected chi connectivity index (χ1v) is 11.6. The number of benzene rings is 2. The van der Waals surface area contributed by atoms with Gasteiger partial charge in [-0.3, -0.25) is 19.2 Å². The zero-order chi connectivity index (χ0) is 23.2. The Hall–Kier alpha value is -2.78. The monoisotopic (exact) mass is 483 g/mol. The van der Waals surface area contributed by atoms with Gasteiger partial charge in [-0.2, -0.15) is 5.10 Å². The zero-order valence-electron chi connectivity index (χ0n) is 18.2. The summed E-state index contributed by atoms with van der Waals surface area (Å²) in [5, 5.41) is 14.6. The molecule has 7 nitrogen and oxygen atoms in total. The molecule has 0 unspecified atom stereocenters. The molecule has 33 heavy (non-hydrogen) atoms.